The molecule has 0 radical (unpaired) electrons. The van der Waals surface area contributed by atoms with Crippen LogP contribution in [0.5, 0.6) is 0 Å². The Bertz CT molecular complexity index is 743. The topological polar surface area (TPSA) is 66.5 Å². The van der Waals surface area contributed by atoms with Gasteiger partial charge in [-0.05, 0) is 43.4 Å². The van der Waals surface area contributed by atoms with E-state index in [9.17, 15) is 17.6 Å². The van der Waals surface area contributed by atoms with Gasteiger partial charge in [-0.2, -0.15) is 0 Å². The van der Waals surface area contributed by atoms with Crippen LogP contribution in [0.25, 0.3) is 0 Å². The van der Waals surface area contributed by atoms with Crippen molar-refractivity contribution in [1.29, 1.82) is 0 Å². The molecule has 2 aliphatic rings. The lowest BCUT2D eigenvalue weighted by Gasteiger charge is -2.33. The summed E-state index contributed by atoms with van der Waals surface area (Å²) in [4.78, 5) is 12.7. The second-order valence-electron chi connectivity index (χ2n) is 7.67. The highest BCUT2D eigenvalue weighted by molar-refractivity contribution is 7.88. The molecule has 1 amide bonds. The zero-order valence-electron chi connectivity index (χ0n) is 15.2. The summed E-state index contributed by atoms with van der Waals surface area (Å²) in [5, 5.41) is 3.07. The van der Waals surface area contributed by atoms with Gasteiger partial charge in [0, 0.05) is 25.0 Å². The lowest BCUT2D eigenvalue weighted by Crippen LogP contribution is -2.47. The number of hydrogen-bond donors (Lipinski definition) is 1. The zero-order chi connectivity index (χ0) is 18.8. The Morgan fingerprint density at radius 2 is 1.88 bits per heavy atom. The summed E-state index contributed by atoms with van der Waals surface area (Å²) in [6.45, 7) is 1.27. The highest BCUT2D eigenvalue weighted by atomic mass is 32.2. The van der Waals surface area contributed by atoms with E-state index in [-0.39, 0.29) is 29.6 Å². The van der Waals surface area contributed by atoms with Crippen molar-refractivity contribution in [2.75, 3.05) is 25.9 Å². The van der Waals surface area contributed by atoms with Gasteiger partial charge in [0.15, 0.2) is 0 Å². The van der Waals surface area contributed by atoms with E-state index < -0.39 is 10.0 Å². The summed E-state index contributed by atoms with van der Waals surface area (Å²) in [6, 6.07) is 6.59. The lowest BCUT2D eigenvalue weighted by atomic mass is 9.78. The molecule has 0 unspecified atom stereocenters. The highest BCUT2D eigenvalue weighted by Gasteiger charge is 2.37. The summed E-state index contributed by atoms with van der Waals surface area (Å²) in [5.74, 6) is -0.633. The van der Waals surface area contributed by atoms with E-state index in [0.29, 0.717) is 25.9 Å². The predicted molar refractivity (Wildman–Crippen MR) is 98.7 cm³/mol. The minimum absolute atomic E-state index is 0.0771. The molecule has 1 aromatic carbocycles. The molecule has 1 aliphatic heterocycles. The molecule has 1 N–H and O–H groups in total. The highest BCUT2D eigenvalue weighted by Crippen LogP contribution is 2.40. The van der Waals surface area contributed by atoms with Crippen LogP contribution in [0.4, 0.5) is 4.39 Å². The minimum atomic E-state index is -3.26. The number of halogens is 1. The Morgan fingerprint density at radius 3 is 2.50 bits per heavy atom. The molecule has 1 aromatic rings. The maximum Gasteiger partial charge on any atom is 0.224 e. The van der Waals surface area contributed by atoms with Crippen LogP contribution in [-0.4, -0.2) is 44.5 Å². The fraction of sp³-hybridized carbons (Fsp3) is 0.632. The van der Waals surface area contributed by atoms with Crippen LogP contribution in [0.3, 0.4) is 0 Å². The molecule has 0 aromatic heterocycles. The average molecular weight is 383 g/mol. The third kappa shape index (κ3) is 4.26. The Labute approximate surface area is 155 Å². The molecular formula is C19H27FN2O3S. The molecule has 144 valence electrons. The van der Waals surface area contributed by atoms with E-state index in [4.69, 9.17) is 0 Å². The fourth-order valence-corrected chi connectivity index (χ4v) is 5.19. The van der Waals surface area contributed by atoms with Crippen LogP contribution in [0.2, 0.25) is 0 Å². The molecule has 5 nitrogen and oxygen atoms in total. The van der Waals surface area contributed by atoms with Gasteiger partial charge in [-0.15, -0.1) is 0 Å². The second-order valence-corrected chi connectivity index (χ2v) is 9.65. The van der Waals surface area contributed by atoms with Crippen LogP contribution in [0, 0.1) is 11.7 Å². The fourth-order valence-electron chi connectivity index (χ4n) is 4.28. The first kappa shape index (κ1) is 19.3. The van der Waals surface area contributed by atoms with Crippen LogP contribution in [0.15, 0.2) is 24.3 Å². The molecule has 1 heterocycles. The molecule has 0 spiro atoms. The normalized spacial score (nSPS) is 23.7. The SMILES string of the molecule is CS(=O)(=O)N1CCC[C@H](C(=O)NCC2(c3ccc(F)cc3)CCCC2)C1. The van der Waals surface area contributed by atoms with Crippen LogP contribution < -0.4 is 5.32 Å². The molecular weight excluding hydrogens is 355 g/mol. The Morgan fingerprint density at radius 1 is 1.23 bits per heavy atom. The largest absolute Gasteiger partial charge is 0.355 e. The van der Waals surface area contributed by atoms with Crippen molar-refractivity contribution < 1.29 is 17.6 Å². The third-order valence-electron chi connectivity index (χ3n) is 5.84. The third-order valence-corrected chi connectivity index (χ3v) is 7.11. The van der Waals surface area contributed by atoms with Crippen LogP contribution >= 0.6 is 0 Å². The average Bonchev–Trinajstić information content (AvgIpc) is 3.10. The Kier molecular flexibility index (Phi) is 5.67. The van der Waals surface area contributed by atoms with E-state index in [1.165, 1.54) is 22.7 Å². The molecule has 1 saturated carbocycles. The van der Waals surface area contributed by atoms with Gasteiger partial charge in [0.2, 0.25) is 15.9 Å². The van der Waals surface area contributed by atoms with E-state index >= 15 is 0 Å². The predicted octanol–water partition coefficient (Wildman–Crippen LogP) is 2.43. The van der Waals surface area contributed by atoms with Crippen LogP contribution in [0.1, 0.15) is 44.1 Å². The summed E-state index contributed by atoms with van der Waals surface area (Å²) in [6.07, 6.45) is 6.74. The second kappa shape index (κ2) is 7.64. The number of piperidine rings is 1. The number of sulfonamides is 1. The van der Waals surface area contributed by atoms with Gasteiger partial charge in [0.1, 0.15) is 5.82 Å². The first-order chi connectivity index (χ1) is 12.3. The first-order valence-corrected chi connectivity index (χ1v) is 11.1. The van der Waals surface area contributed by atoms with Crippen molar-refractivity contribution >= 4 is 15.9 Å². The minimum Gasteiger partial charge on any atom is -0.355 e. The maximum atomic E-state index is 13.3. The Hall–Kier alpha value is -1.47. The number of amides is 1. The summed E-state index contributed by atoms with van der Waals surface area (Å²) in [7, 11) is -3.26. The number of hydrogen-bond acceptors (Lipinski definition) is 3. The van der Waals surface area contributed by atoms with Gasteiger partial charge in [-0.3, -0.25) is 4.79 Å². The number of benzene rings is 1. The number of carbonyl (C=O) groups excluding carboxylic acids is 1. The number of nitrogens with one attached hydrogen (secondary N) is 1. The molecule has 7 heteroatoms. The molecule has 3 rings (SSSR count). The van der Waals surface area contributed by atoms with Gasteiger partial charge in [0.25, 0.3) is 0 Å². The number of carbonyl (C=O) groups is 1. The number of rotatable bonds is 5. The van der Waals surface area contributed by atoms with Crippen molar-refractivity contribution in [1.82, 2.24) is 9.62 Å². The van der Waals surface area contributed by atoms with Crippen LogP contribution in [-0.2, 0) is 20.2 Å². The van der Waals surface area contributed by atoms with Gasteiger partial charge in [-0.25, -0.2) is 17.1 Å². The van der Waals surface area contributed by atoms with E-state index in [0.717, 1.165) is 31.2 Å². The van der Waals surface area contributed by atoms with Crippen molar-refractivity contribution in [2.24, 2.45) is 5.92 Å². The van der Waals surface area contributed by atoms with Crippen molar-refractivity contribution in [3.8, 4) is 0 Å². The maximum absolute atomic E-state index is 13.3. The van der Waals surface area contributed by atoms with E-state index in [1.54, 1.807) is 0 Å². The molecule has 2 fully saturated rings. The first-order valence-electron chi connectivity index (χ1n) is 9.29. The zero-order valence-corrected chi connectivity index (χ0v) is 16.0. The Balaban J connectivity index is 1.66. The van der Waals surface area contributed by atoms with Gasteiger partial charge in [-0.1, -0.05) is 25.0 Å². The number of nitrogens with zero attached hydrogens (tertiary/aromatic N) is 1. The monoisotopic (exact) mass is 382 g/mol. The van der Waals surface area contributed by atoms with E-state index in [2.05, 4.69) is 5.32 Å². The van der Waals surface area contributed by atoms with Gasteiger partial charge in [0.05, 0.1) is 12.2 Å². The quantitative estimate of drug-likeness (QED) is 0.851. The molecule has 1 aliphatic carbocycles. The standard InChI is InChI=1S/C19H27FN2O3S/c1-26(24,25)22-12-4-5-15(13-22)18(23)21-14-19(10-2-3-11-19)16-6-8-17(20)9-7-16/h6-9,15H,2-5,10-14H2,1H3,(H,21,23)/t15-/m0/s1. The lowest BCUT2D eigenvalue weighted by molar-refractivity contribution is -0.126. The molecule has 26 heavy (non-hydrogen) atoms. The van der Waals surface area contributed by atoms with Crippen molar-refractivity contribution in [2.45, 2.75) is 43.9 Å². The molecule has 1 saturated heterocycles. The summed E-state index contributed by atoms with van der Waals surface area (Å²) < 4.78 is 38.2. The smallest absolute Gasteiger partial charge is 0.224 e. The van der Waals surface area contributed by atoms with Gasteiger partial charge < -0.3 is 5.32 Å². The van der Waals surface area contributed by atoms with Crippen molar-refractivity contribution in [3.63, 3.8) is 0 Å². The van der Waals surface area contributed by atoms with Crippen molar-refractivity contribution in [3.05, 3.63) is 35.6 Å². The molecule has 1 atom stereocenters. The van der Waals surface area contributed by atoms with Gasteiger partial charge >= 0.3 is 0 Å². The summed E-state index contributed by atoms with van der Waals surface area (Å²) >= 11 is 0. The van der Waals surface area contributed by atoms with E-state index in [1.807, 2.05) is 12.1 Å². The summed E-state index contributed by atoms with van der Waals surface area (Å²) in [5.41, 5.74) is 0.923. The molecule has 0 bridgehead atoms.